The van der Waals surface area contributed by atoms with Crippen molar-refractivity contribution in [1.82, 2.24) is 5.32 Å². The van der Waals surface area contributed by atoms with E-state index in [-0.39, 0.29) is 25.7 Å². The maximum absolute atomic E-state index is 13.0. The van der Waals surface area contributed by atoms with Crippen LogP contribution in [0.5, 0.6) is 0 Å². The first-order chi connectivity index (χ1) is 8.53. The van der Waals surface area contributed by atoms with Gasteiger partial charge >= 0.3 is 5.97 Å². The number of carboxylic acid groups (broad SMARTS) is 1. The number of nitrogens with one attached hydrogen (secondary N) is 1. The zero-order valence-corrected chi connectivity index (χ0v) is 11.5. The molecule has 0 bridgehead atoms. The third kappa shape index (κ3) is 4.44. The molecule has 0 spiro atoms. The van der Waals surface area contributed by atoms with Gasteiger partial charge in [0.05, 0.1) is 0 Å². The van der Waals surface area contributed by atoms with Crippen molar-refractivity contribution in [3.63, 3.8) is 0 Å². The van der Waals surface area contributed by atoms with E-state index >= 15 is 0 Å². The molecule has 2 N–H and O–H groups in total. The Hall–Kier alpha value is -1.20. The molecule has 0 aliphatic heterocycles. The fourth-order valence-corrected chi connectivity index (χ4v) is 2.21. The quantitative estimate of drug-likeness (QED) is 0.832. The Bertz CT molecular complexity index is 353. The summed E-state index contributed by atoms with van der Waals surface area (Å²) in [5.41, 5.74) is -0.625. The molecule has 19 heavy (non-hydrogen) atoms. The fourth-order valence-electron chi connectivity index (χ4n) is 2.21. The highest BCUT2D eigenvalue weighted by atomic mass is 19.3. The highest BCUT2D eigenvalue weighted by Crippen LogP contribution is 2.36. The van der Waals surface area contributed by atoms with Gasteiger partial charge in [-0.25, -0.2) is 13.6 Å². The van der Waals surface area contributed by atoms with Crippen molar-refractivity contribution in [2.24, 2.45) is 11.3 Å². The van der Waals surface area contributed by atoms with Crippen molar-refractivity contribution in [2.75, 3.05) is 0 Å². The van der Waals surface area contributed by atoms with Gasteiger partial charge in [0.15, 0.2) is 0 Å². The van der Waals surface area contributed by atoms with E-state index < -0.39 is 35.2 Å². The summed E-state index contributed by atoms with van der Waals surface area (Å²) in [5.74, 6) is -4.74. The van der Waals surface area contributed by atoms with Gasteiger partial charge in [-0.05, 0) is 18.3 Å². The minimum atomic E-state index is -2.69. The van der Waals surface area contributed by atoms with E-state index in [0.29, 0.717) is 0 Å². The summed E-state index contributed by atoms with van der Waals surface area (Å²) in [7, 11) is 0. The highest BCUT2D eigenvalue weighted by molar-refractivity contribution is 5.85. The van der Waals surface area contributed by atoms with Gasteiger partial charge in [0.1, 0.15) is 6.04 Å². The number of amides is 1. The van der Waals surface area contributed by atoms with Crippen molar-refractivity contribution in [1.29, 1.82) is 0 Å². The smallest absolute Gasteiger partial charge is 0.326 e. The van der Waals surface area contributed by atoms with Crippen molar-refractivity contribution >= 4 is 11.9 Å². The Kier molecular flexibility index (Phi) is 4.53. The first kappa shape index (κ1) is 15.9. The molecule has 0 saturated heterocycles. The number of alkyl halides is 2. The molecule has 1 aliphatic carbocycles. The molecule has 1 saturated carbocycles. The Morgan fingerprint density at radius 2 is 1.74 bits per heavy atom. The summed E-state index contributed by atoms with van der Waals surface area (Å²) in [4.78, 5) is 23.1. The summed E-state index contributed by atoms with van der Waals surface area (Å²) >= 11 is 0. The predicted octanol–water partition coefficient (Wildman–Crippen LogP) is 2.43. The van der Waals surface area contributed by atoms with Crippen molar-refractivity contribution < 1.29 is 23.5 Å². The Morgan fingerprint density at radius 1 is 1.26 bits per heavy atom. The van der Waals surface area contributed by atoms with E-state index in [1.165, 1.54) is 0 Å². The highest BCUT2D eigenvalue weighted by Gasteiger charge is 2.39. The molecule has 0 aromatic heterocycles. The normalized spacial score (nSPS) is 21.7. The number of hydrogen-bond donors (Lipinski definition) is 2. The summed E-state index contributed by atoms with van der Waals surface area (Å²) in [5, 5.41) is 11.6. The molecule has 1 atom stereocenters. The van der Waals surface area contributed by atoms with E-state index in [4.69, 9.17) is 5.11 Å². The van der Waals surface area contributed by atoms with Crippen LogP contribution in [0.15, 0.2) is 0 Å². The molecule has 1 aliphatic rings. The second-order valence-electron chi connectivity index (χ2n) is 6.28. The molecule has 6 heteroatoms. The maximum atomic E-state index is 13.0. The zero-order valence-electron chi connectivity index (χ0n) is 11.5. The number of carbonyl (C=O) groups is 2. The predicted molar refractivity (Wildman–Crippen MR) is 65.9 cm³/mol. The zero-order chi connectivity index (χ0) is 14.8. The van der Waals surface area contributed by atoms with Crippen LogP contribution in [0.2, 0.25) is 0 Å². The van der Waals surface area contributed by atoms with Gasteiger partial charge in [-0.2, -0.15) is 0 Å². The van der Waals surface area contributed by atoms with Crippen LogP contribution in [0.1, 0.15) is 46.5 Å². The van der Waals surface area contributed by atoms with E-state index in [9.17, 15) is 18.4 Å². The van der Waals surface area contributed by atoms with Crippen LogP contribution in [0.25, 0.3) is 0 Å². The average molecular weight is 277 g/mol. The van der Waals surface area contributed by atoms with Gasteiger partial charge < -0.3 is 10.4 Å². The van der Waals surface area contributed by atoms with Crippen molar-refractivity contribution in [2.45, 2.75) is 58.4 Å². The molecule has 1 fully saturated rings. The van der Waals surface area contributed by atoms with E-state index in [1.54, 1.807) is 20.8 Å². The fraction of sp³-hybridized carbons (Fsp3) is 0.846. The summed E-state index contributed by atoms with van der Waals surface area (Å²) < 4.78 is 26.0. The number of rotatable bonds is 3. The van der Waals surface area contributed by atoms with Crippen molar-refractivity contribution in [3.8, 4) is 0 Å². The van der Waals surface area contributed by atoms with Gasteiger partial charge in [0, 0.05) is 18.8 Å². The number of aliphatic carboxylic acids is 1. The SMILES string of the molecule is CC(C)(C)[C@@H](NC(=O)C1CCC(F)(F)CC1)C(=O)O. The van der Waals surface area contributed by atoms with Gasteiger partial charge in [0.25, 0.3) is 0 Å². The Labute approximate surface area is 111 Å². The Morgan fingerprint density at radius 3 is 2.11 bits per heavy atom. The van der Waals surface area contributed by atoms with Gasteiger partial charge in [-0.3, -0.25) is 4.79 Å². The molecule has 1 rings (SSSR count). The van der Waals surface area contributed by atoms with Crippen LogP contribution in [0.3, 0.4) is 0 Å². The Balaban J connectivity index is 2.62. The molecule has 1 amide bonds. The van der Waals surface area contributed by atoms with E-state index in [2.05, 4.69) is 5.32 Å². The van der Waals surface area contributed by atoms with Gasteiger partial charge in [0.2, 0.25) is 11.8 Å². The lowest BCUT2D eigenvalue weighted by Crippen LogP contribution is -2.51. The molecular formula is C13H21F2NO3. The second kappa shape index (κ2) is 5.43. The van der Waals surface area contributed by atoms with Crippen LogP contribution < -0.4 is 5.32 Å². The van der Waals surface area contributed by atoms with Crippen LogP contribution in [-0.4, -0.2) is 28.9 Å². The lowest BCUT2D eigenvalue weighted by molar-refractivity contribution is -0.146. The average Bonchev–Trinajstić information content (AvgIpc) is 2.23. The molecule has 4 nitrogen and oxygen atoms in total. The van der Waals surface area contributed by atoms with Gasteiger partial charge in [-0.1, -0.05) is 20.8 Å². The van der Waals surface area contributed by atoms with Crippen molar-refractivity contribution in [3.05, 3.63) is 0 Å². The number of halogens is 2. The van der Waals surface area contributed by atoms with Gasteiger partial charge in [-0.15, -0.1) is 0 Å². The molecule has 0 unspecified atom stereocenters. The molecule has 0 heterocycles. The molecule has 110 valence electrons. The monoisotopic (exact) mass is 277 g/mol. The third-order valence-corrected chi connectivity index (χ3v) is 3.49. The number of hydrogen-bond acceptors (Lipinski definition) is 2. The number of carbonyl (C=O) groups excluding carboxylic acids is 1. The topological polar surface area (TPSA) is 66.4 Å². The van der Waals surface area contributed by atoms with E-state index in [1.807, 2.05) is 0 Å². The molecule has 0 radical (unpaired) electrons. The lowest BCUT2D eigenvalue weighted by atomic mass is 9.83. The van der Waals surface area contributed by atoms with E-state index in [0.717, 1.165) is 0 Å². The largest absolute Gasteiger partial charge is 0.480 e. The van der Waals surface area contributed by atoms with Crippen LogP contribution >= 0.6 is 0 Å². The summed E-state index contributed by atoms with van der Waals surface area (Å²) in [6.07, 6.45) is -0.401. The van der Waals surface area contributed by atoms with Crippen LogP contribution in [0, 0.1) is 11.3 Å². The van der Waals surface area contributed by atoms with Crippen LogP contribution in [-0.2, 0) is 9.59 Å². The number of carboxylic acids is 1. The summed E-state index contributed by atoms with van der Waals surface area (Å²) in [6.45, 7) is 5.13. The first-order valence-corrected chi connectivity index (χ1v) is 6.44. The first-order valence-electron chi connectivity index (χ1n) is 6.44. The van der Waals surface area contributed by atoms with Crippen LogP contribution in [0.4, 0.5) is 8.78 Å². The second-order valence-corrected chi connectivity index (χ2v) is 6.28. The standard InChI is InChI=1S/C13H21F2NO3/c1-12(2,3)9(11(18)19)16-10(17)8-4-6-13(14,15)7-5-8/h8-9H,4-7H2,1-3H3,(H,16,17)(H,18,19)/t9-/m0/s1. The molecule has 0 aromatic rings. The molecule has 0 aromatic carbocycles. The lowest BCUT2D eigenvalue weighted by Gasteiger charge is -2.32. The summed E-state index contributed by atoms with van der Waals surface area (Å²) in [6, 6.07) is -1.01. The minimum absolute atomic E-state index is 0.106. The third-order valence-electron chi connectivity index (χ3n) is 3.49. The maximum Gasteiger partial charge on any atom is 0.326 e. The molecular weight excluding hydrogens is 256 g/mol. The minimum Gasteiger partial charge on any atom is -0.480 e.